The number of Topliss-reactive ketones (excluding diaryl/α,β-unsaturated/α-hetero) is 1. The Hall–Kier alpha value is -2.41. The lowest BCUT2D eigenvalue weighted by molar-refractivity contribution is -0.00289. The summed E-state index contributed by atoms with van der Waals surface area (Å²) < 4.78 is 6.90. The third-order valence-corrected chi connectivity index (χ3v) is 4.14. The molecule has 0 bridgehead atoms. The zero-order chi connectivity index (χ0) is 18.2. The Morgan fingerprint density at radius 2 is 2.04 bits per heavy atom. The molecule has 1 aromatic carbocycles. The highest BCUT2D eigenvalue weighted by Crippen LogP contribution is 2.27. The molecule has 3 rings (SSSR count). The quantitative estimate of drug-likeness (QED) is 0.859. The molecule has 1 aliphatic heterocycles. The first-order valence-corrected chi connectivity index (χ1v) is 8.42. The molecule has 0 radical (unpaired) electrons. The van der Waals surface area contributed by atoms with Crippen LogP contribution < -0.4 is 0 Å². The van der Waals surface area contributed by atoms with Crippen LogP contribution in [0.3, 0.4) is 0 Å². The van der Waals surface area contributed by atoms with Crippen LogP contribution in [0.2, 0.25) is 0 Å². The summed E-state index contributed by atoms with van der Waals surface area (Å²) in [5.41, 5.74) is 0.524. The highest BCUT2D eigenvalue weighted by molar-refractivity contribution is 6.10. The van der Waals surface area contributed by atoms with E-state index in [4.69, 9.17) is 4.74 Å². The van der Waals surface area contributed by atoms with Gasteiger partial charge in [-0.25, -0.2) is 4.79 Å². The maximum Gasteiger partial charge on any atom is 0.410 e. The Morgan fingerprint density at radius 1 is 1.32 bits per heavy atom. The van der Waals surface area contributed by atoms with Gasteiger partial charge in [-0.1, -0.05) is 18.2 Å². The SMILES string of the molecule is CC(C)(C)OC(=O)N1CC[C@H]1C(=O)c1c2ccccc2nn1CCO. The topological polar surface area (TPSA) is 84.7 Å². The number of benzene rings is 1. The Kier molecular flexibility index (Phi) is 4.51. The van der Waals surface area contributed by atoms with E-state index in [2.05, 4.69) is 5.10 Å². The third kappa shape index (κ3) is 3.37. The molecule has 7 heteroatoms. The first kappa shape index (κ1) is 17.4. The van der Waals surface area contributed by atoms with E-state index in [1.165, 1.54) is 9.58 Å². The van der Waals surface area contributed by atoms with E-state index in [0.717, 1.165) is 5.39 Å². The predicted molar refractivity (Wildman–Crippen MR) is 92.5 cm³/mol. The van der Waals surface area contributed by atoms with Crippen LogP contribution in [0.25, 0.3) is 10.9 Å². The van der Waals surface area contributed by atoms with E-state index in [1.54, 1.807) is 20.8 Å². The largest absolute Gasteiger partial charge is 0.444 e. The van der Waals surface area contributed by atoms with Crippen LogP contribution in [0.15, 0.2) is 24.3 Å². The van der Waals surface area contributed by atoms with Crippen LogP contribution in [-0.4, -0.2) is 56.5 Å². The minimum absolute atomic E-state index is 0.116. The van der Waals surface area contributed by atoms with Crippen LogP contribution in [0.1, 0.15) is 37.7 Å². The second-order valence-electron chi connectivity index (χ2n) is 7.15. The van der Waals surface area contributed by atoms with Gasteiger partial charge < -0.3 is 9.84 Å². The third-order valence-electron chi connectivity index (χ3n) is 4.14. The average Bonchev–Trinajstić information content (AvgIpc) is 2.82. The van der Waals surface area contributed by atoms with Crippen LogP contribution in [0.4, 0.5) is 4.79 Å². The molecule has 0 unspecified atom stereocenters. The van der Waals surface area contributed by atoms with E-state index >= 15 is 0 Å². The van der Waals surface area contributed by atoms with Crippen molar-refractivity contribution in [2.75, 3.05) is 13.2 Å². The molecule has 0 spiro atoms. The smallest absolute Gasteiger partial charge is 0.410 e. The number of aromatic nitrogens is 2. The average molecular weight is 345 g/mol. The number of hydrogen-bond acceptors (Lipinski definition) is 5. The van der Waals surface area contributed by atoms with Crippen molar-refractivity contribution in [3.05, 3.63) is 30.0 Å². The molecular formula is C18H23N3O4. The van der Waals surface area contributed by atoms with Gasteiger partial charge in [0.2, 0.25) is 5.78 Å². The van der Waals surface area contributed by atoms with Crippen LogP contribution in [0.5, 0.6) is 0 Å². The molecule has 2 aromatic rings. The van der Waals surface area contributed by atoms with Gasteiger partial charge in [0.15, 0.2) is 0 Å². The van der Waals surface area contributed by atoms with Gasteiger partial charge in [0.25, 0.3) is 0 Å². The highest BCUT2D eigenvalue weighted by atomic mass is 16.6. The lowest BCUT2D eigenvalue weighted by Crippen LogP contribution is -2.56. The van der Waals surface area contributed by atoms with Gasteiger partial charge in [-0.05, 0) is 33.3 Å². The number of amides is 1. The Bertz CT molecular complexity index is 806. The number of likely N-dealkylation sites (tertiary alicyclic amines) is 1. The normalized spacial score (nSPS) is 17.4. The van der Waals surface area contributed by atoms with Gasteiger partial charge in [-0.2, -0.15) is 5.10 Å². The minimum Gasteiger partial charge on any atom is -0.444 e. The van der Waals surface area contributed by atoms with Crippen molar-refractivity contribution < 1.29 is 19.4 Å². The lowest BCUT2D eigenvalue weighted by Gasteiger charge is -2.40. The van der Waals surface area contributed by atoms with Crippen LogP contribution >= 0.6 is 0 Å². The molecular weight excluding hydrogens is 322 g/mol. The zero-order valence-corrected chi connectivity index (χ0v) is 14.7. The summed E-state index contributed by atoms with van der Waals surface area (Å²) in [6.45, 7) is 6.00. The molecule has 0 aliphatic carbocycles. The second kappa shape index (κ2) is 6.48. The van der Waals surface area contributed by atoms with Crippen molar-refractivity contribution in [2.45, 2.75) is 45.4 Å². The summed E-state index contributed by atoms with van der Waals surface area (Å²) >= 11 is 0. The number of carbonyl (C=O) groups is 2. The number of fused-ring (bicyclic) bond motifs is 1. The molecule has 1 saturated heterocycles. The number of aliphatic hydroxyl groups excluding tert-OH is 1. The molecule has 1 N–H and O–H groups in total. The summed E-state index contributed by atoms with van der Waals surface area (Å²) in [6.07, 6.45) is 0.117. The van der Waals surface area contributed by atoms with E-state index in [0.29, 0.717) is 24.2 Å². The van der Waals surface area contributed by atoms with Crippen molar-refractivity contribution in [1.82, 2.24) is 14.7 Å². The van der Waals surface area contributed by atoms with Crippen LogP contribution in [-0.2, 0) is 11.3 Å². The maximum absolute atomic E-state index is 13.1. The minimum atomic E-state index is -0.606. The Balaban J connectivity index is 1.89. The number of rotatable bonds is 4. The standard InChI is InChI=1S/C18H23N3O4/c1-18(2,3)25-17(24)20-9-8-14(20)16(23)15-12-6-4-5-7-13(12)19-21(15)10-11-22/h4-7,14,22H,8-11H2,1-3H3/t14-/m0/s1. The van der Waals surface area contributed by atoms with Crippen molar-refractivity contribution in [3.63, 3.8) is 0 Å². The number of aliphatic hydroxyl groups is 1. The second-order valence-corrected chi connectivity index (χ2v) is 7.15. The highest BCUT2D eigenvalue weighted by Gasteiger charge is 2.41. The molecule has 2 heterocycles. The summed E-state index contributed by atoms with van der Waals surface area (Å²) in [4.78, 5) is 26.8. The molecule has 25 heavy (non-hydrogen) atoms. The molecule has 1 atom stereocenters. The van der Waals surface area contributed by atoms with Gasteiger partial charge in [0, 0.05) is 11.9 Å². The number of nitrogens with zero attached hydrogens (tertiary/aromatic N) is 3. The molecule has 1 aliphatic rings. The summed E-state index contributed by atoms with van der Waals surface area (Å²) in [6, 6.07) is 6.80. The first-order chi connectivity index (χ1) is 11.8. The lowest BCUT2D eigenvalue weighted by atomic mass is 9.95. The number of carbonyl (C=O) groups excluding carboxylic acids is 2. The maximum atomic E-state index is 13.1. The Labute approximate surface area is 146 Å². The monoisotopic (exact) mass is 345 g/mol. The molecule has 1 fully saturated rings. The molecule has 1 aromatic heterocycles. The van der Waals surface area contributed by atoms with Crippen molar-refractivity contribution >= 4 is 22.8 Å². The number of ether oxygens (including phenoxy) is 1. The fourth-order valence-electron chi connectivity index (χ4n) is 2.95. The van der Waals surface area contributed by atoms with E-state index in [1.807, 2.05) is 24.3 Å². The number of hydrogen-bond donors (Lipinski definition) is 1. The van der Waals surface area contributed by atoms with E-state index in [-0.39, 0.29) is 18.9 Å². The summed E-state index contributed by atoms with van der Waals surface area (Å²) in [5.74, 6) is -0.167. The number of ketones is 1. The van der Waals surface area contributed by atoms with Gasteiger partial charge in [-0.3, -0.25) is 14.4 Å². The van der Waals surface area contributed by atoms with Crippen molar-refractivity contribution in [2.24, 2.45) is 0 Å². The molecule has 1 amide bonds. The van der Waals surface area contributed by atoms with Gasteiger partial charge in [0.1, 0.15) is 17.3 Å². The van der Waals surface area contributed by atoms with Crippen LogP contribution in [0, 0.1) is 0 Å². The molecule has 134 valence electrons. The first-order valence-electron chi connectivity index (χ1n) is 8.42. The van der Waals surface area contributed by atoms with Gasteiger partial charge in [0.05, 0.1) is 18.7 Å². The van der Waals surface area contributed by atoms with E-state index < -0.39 is 17.7 Å². The van der Waals surface area contributed by atoms with Gasteiger partial charge in [-0.15, -0.1) is 0 Å². The van der Waals surface area contributed by atoms with Gasteiger partial charge >= 0.3 is 6.09 Å². The van der Waals surface area contributed by atoms with Crippen molar-refractivity contribution in [3.8, 4) is 0 Å². The fourth-order valence-corrected chi connectivity index (χ4v) is 2.95. The summed E-state index contributed by atoms with van der Waals surface area (Å²) in [7, 11) is 0. The van der Waals surface area contributed by atoms with Crippen molar-refractivity contribution in [1.29, 1.82) is 0 Å². The Morgan fingerprint density at radius 3 is 2.64 bits per heavy atom. The zero-order valence-electron chi connectivity index (χ0n) is 14.7. The fraction of sp³-hybridized carbons (Fsp3) is 0.500. The summed E-state index contributed by atoms with van der Waals surface area (Å²) in [5, 5.41) is 14.4. The molecule has 0 saturated carbocycles. The predicted octanol–water partition coefficient (Wildman–Crippen LogP) is 2.22. The van der Waals surface area contributed by atoms with E-state index in [9.17, 15) is 14.7 Å². The molecule has 7 nitrogen and oxygen atoms in total.